The van der Waals surface area contributed by atoms with Crippen LogP contribution in [0.3, 0.4) is 0 Å². The number of anilines is 1. The van der Waals surface area contributed by atoms with Gasteiger partial charge >= 0.3 is 0 Å². The summed E-state index contributed by atoms with van der Waals surface area (Å²) >= 11 is 0.667. The van der Waals surface area contributed by atoms with Crippen molar-refractivity contribution in [3.05, 3.63) is 41.2 Å². The molecular weight excluding hydrogens is 423 g/mol. The standard InChI is InChI=1S/C17H19FN4O5S2/c18-14-9-20-17(28-14)21-16(23)15(22-27-12-5-7-26-10-12)11-1-3-13(4-2-11)29(24,25)8-6-19/h1-4,9,12H,5-8,10,19H2,(H,20,21,23)/t12-/m1/s1. The van der Waals surface area contributed by atoms with Crippen LogP contribution in [0.1, 0.15) is 12.0 Å². The second kappa shape index (κ2) is 9.39. The molecule has 9 nitrogen and oxygen atoms in total. The van der Waals surface area contributed by atoms with Crippen molar-refractivity contribution in [1.29, 1.82) is 0 Å². The molecule has 0 radical (unpaired) electrons. The Balaban J connectivity index is 1.85. The lowest BCUT2D eigenvalue weighted by molar-refractivity contribution is -0.110. The number of carbonyl (C=O) groups excluding carboxylic acids is 1. The molecule has 29 heavy (non-hydrogen) atoms. The predicted molar refractivity (Wildman–Crippen MR) is 105 cm³/mol. The smallest absolute Gasteiger partial charge is 0.280 e. The average molecular weight is 442 g/mol. The van der Waals surface area contributed by atoms with Crippen LogP contribution in [-0.4, -0.2) is 56.6 Å². The highest BCUT2D eigenvalue weighted by Crippen LogP contribution is 2.18. The highest BCUT2D eigenvalue weighted by atomic mass is 32.2. The highest BCUT2D eigenvalue weighted by Gasteiger charge is 2.22. The Bertz CT molecular complexity index is 986. The van der Waals surface area contributed by atoms with E-state index in [-0.39, 0.29) is 34.1 Å². The third kappa shape index (κ3) is 5.56. The van der Waals surface area contributed by atoms with Crippen molar-refractivity contribution in [3.63, 3.8) is 0 Å². The number of aromatic nitrogens is 1. The molecule has 1 amide bonds. The molecule has 12 heteroatoms. The summed E-state index contributed by atoms with van der Waals surface area (Å²) < 4.78 is 42.6. The van der Waals surface area contributed by atoms with Gasteiger partial charge in [-0.05, 0) is 12.1 Å². The second-order valence-corrected chi connectivity index (χ2v) is 9.18. The Labute approximate surface area is 170 Å². The van der Waals surface area contributed by atoms with Gasteiger partial charge in [0.05, 0.1) is 30.1 Å². The normalized spacial score (nSPS) is 17.3. The molecule has 0 bridgehead atoms. The number of rotatable bonds is 8. The molecule has 156 valence electrons. The Morgan fingerprint density at radius 1 is 1.41 bits per heavy atom. The van der Waals surface area contributed by atoms with Gasteiger partial charge in [-0.25, -0.2) is 13.4 Å². The van der Waals surface area contributed by atoms with Crippen LogP contribution in [0.25, 0.3) is 0 Å². The first-order valence-electron chi connectivity index (χ1n) is 8.66. The topological polar surface area (TPSA) is 133 Å². The minimum Gasteiger partial charge on any atom is -0.389 e. The zero-order chi connectivity index (χ0) is 20.9. The van der Waals surface area contributed by atoms with Crippen LogP contribution in [0.4, 0.5) is 9.52 Å². The number of thiazole rings is 1. The Hall–Kier alpha value is -2.41. The first-order chi connectivity index (χ1) is 13.9. The van der Waals surface area contributed by atoms with Gasteiger partial charge in [-0.1, -0.05) is 28.6 Å². The third-order valence-corrected chi connectivity index (χ3v) is 6.43. The third-order valence-electron chi connectivity index (χ3n) is 3.97. The molecule has 3 N–H and O–H groups in total. The zero-order valence-electron chi connectivity index (χ0n) is 15.2. The molecule has 2 heterocycles. The van der Waals surface area contributed by atoms with Crippen molar-refractivity contribution in [2.75, 3.05) is 30.8 Å². The number of sulfone groups is 1. The fraction of sp³-hybridized carbons (Fsp3) is 0.353. The number of carbonyl (C=O) groups is 1. The first-order valence-corrected chi connectivity index (χ1v) is 11.1. The van der Waals surface area contributed by atoms with E-state index >= 15 is 0 Å². The van der Waals surface area contributed by atoms with E-state index in [4.69, 9.17) is 15.3 Å². The molecule has 1 saturated heterocycles. The van der Waals surface area contributed by atoms with E-state index in [0.717, 1.165) is 6.20 Å². The lowest BCUT2D eigenvalue weighted by atomic mass is 10.1. The van der Waals surface area contributed by atoms with Crippen molar-refractivity contribution < 1.29 is 27.2 Å². The summed E-state index contributed by atoms with van der Waals surface area (Å²) in [5.41, 5.74) is 5.56. The lowest BCUT2D eigenvalue weighted by Crippen LogP contribution is -2.25. The quantitative estimate of drug-likeness (QED) is 0.463. The number of amides is 1. The maximum atomic E-state index is 13.1. The number of nitrogens with two attached hydrogens (primary N) is 1. The Morgan fingerprint density at radius 2 is 2.17 bits per heavy atom. The van der Waals surface area contributed by atoms with Gasteiger partial charge in [0, 0.05) is 18.5 Å². The number of nitrogens with one attached hydrogen (secondary N) is 1. The number of halogens is 1. The van der Waals surface area contributed by atoms with E-state index in [0.29, 0.717) is 36.5 Å². The molecule has 1 aliphatic rings. The molecule has 1 aliphatic heterocycles. The molecule has 2 aromatic rings. The molecule has 1 atom stereocenters. The molecule has 0 aliphatic carbocycles. The summed E-state index contributed by atoms with van der Waals surface area (Å²) in [5.74, 6) is -0.857. The summed E-state index contributed by atoms with van der Waals surface area (Å²) in [6.45, 7) is 0.890. The predicted octanol–water partition coefficient (Wildman–Crippen LogP) is 1.16. The lowest BCUT2D eigenvalue weighted by Gasteiger charge is -2.10. The van der Waals surface area contributed by atoms with Crippen LogP contribution in [0.15, 0.2) is 40.5 Å². The number of hydrogen-bond acceptors (Lipinski definition) is 9. The summed E-state index contributed by atoms with van der Waals surface area (Å²) in [5, 5.41) is 5.91. The van der Waals surface area contributed by atoms with Gasteiger partial charge in [0.1, 0.15) is 0 Å². The minimum atomic E-state index is -3.51. The van der Waals surface area contributed by atoms with E-state index < -0.39 is 20.9 Å². The monoisotopic (exact) mass is 442 g/mol. The van der Waals surface area contributed by atoms with Crippen LogP contribution in [0, 0.1) is 5.13 Å². The molecule has 1 fully saturated rings. The van der Waals surface area contributed by atoms with Crippen LogP contribution in [0.2, 0.25) is 0 Å². The second-order valence-electron chi connectivity index (χ2n) is 6.09. The number of ether oxygens (including phenoxy) is 1. The SMILES string of the molecule is NCCS(=O)(=O)c1ccc(C(=NO[C@@H]2CCOC2)C(=O)Nc2ncc(F)s2)cc1. The molecule has 0 saturated carbocycles. The molecule has 0 unspecified atom stereocenters. The van der Waals surface area contributed by atoms with Gasteiger partial charge in [-0.15, -0.1) is 0 Å². The largest absolute Gasteiger partial charge is 0.389 e. The van der Waals surface area contributed by atoms with Crippen LogP contribution in [0.5, 0.6) is 0 Å². The Morgan fingerprint density at radius 3 is 2.76 bits per heavy atom. The molecular formula is C17H19FN4O5S2. The molecule has 1 aromatic carbocycles. The van der Waals surface area contributed by atoms with E-state index in [1.54, 1.807) is 0 Å². The van der Waals surface area contributed by atoms with E-state index in [2.05, 4.69) is 15.5 Å². The number of oxime groups is 1. The summed E-state index contributed by atoms with van der Waals surface area (Å²) in [6, 6.07) is 5.62. The van der Waals surface area contributed by atoms with Crippen molar-refractivity contribution in [1.82, 2.24) is 4.98 Å². The molecule has 1 aromatic heterocycles. The van der Waals surface area contributed by atoms with Gasteiger partial charge in [0.15, 0.2) is 31.9 Å². The van der Waals surface area contributed by atoms with Gasteiger partial charge in [-0.3, -0.25) is 10.1 Å². The maximum Gasteiger partial charge on any atom is 0.280 e. The van der Waals surface area contributed by atoms with Crippen molar-refractivity contribution >= 4 is 37.9 Å². The van der Waals surface area contributed by atoms with E-state index in [1.165, 1.54) is 24.3 Å². The first kappa shape index (κ1) is 21.3. The fourth-order valence-electron chi connectivity index (χ4n) is 2.51. The summed E-state index contributed by atoms with van der Waals surface area (Å²) in [4.78, 5) is 21.9. The van der Waals surface area contributed by atoms with Crippen molar-refractivity contribution in [2.24, 2.45) is 10.9 Å². The van der Waals surface area contributed by atoms with E-state index in [1.807, 2.05) is 0 Å². The van der Waals surface area contributed by atoms with Gasteiger partial charge in [0.25, 0.3) is 5.91 Å². The van der Waals surface area contributed by atoms with E-state index in [9.17, 15) is 17.6 Å². The van der Waals surface area contributed by atoms with Crippen LogP contribution < -0.4 is 11.1 Å². The maximum absolute atomic E-state index is 13.1. The fourth-order valence-corrected chi connectivity index (χ4v) is 4.15. The molecule has 0 spiro atoms. The van der Waals surface area contributed by atoms with Crippen LogP contribution in [-0.2, 0) is 24.2 Å². The Kier molecular flexibility index (Phi) is 6.90. The summed E-state index contributed by atoms with van der Waals surface area (Å²) in [6.07, 6.45) is 1.33. The van der Waals surface area contributed by atoms with Gasteiger partial charge in [-0.2, -0.15) is 4.39 Å². The zero-order valence-corrected chi connectivity index (χ0v) is 16.8. The number of hydrogen-bond donors (Lipinski definition) is 2. The summed E-state index contributed by atoms with van der Waals surface area (Å²) in [7, 11) is -3.51. The molecule has 3 rings (SSSR count). The number of benzene rings is 1. The van der Waals surface area contributed by atoms with Gasteiger partial charge in [0.2, 0.25) is 0 Å². The van der Waals surface area contributed by atoms with Crippen molar-refractivity contribution in [2.45, 2.75) is 17.4 Å². The number of nitrogens with zero attached hydrogens (tertiary/aromatic N) is 2. The van der Waals surface area contributed by atoms with Crippen molar-refractivity contribution in [3.8, 4) is 0 Å². The van der Waals surface area contributed by atoms with Gasteiger partial charge < -0.3 is 15.3 Å². The minimum absolute atomic E-state index is 0.000865. The highest BCUT2D eigenvalue weighted by molar-refractivity contribution is 7.91. The van der Waals surface area contributed by atoms with Crippen LogP contribution >= 0.6 is 11.3 Å². The average Bonchev–Trinajstić information content (AvgIpc) is 3.34.